The molecule has 2 heteroatoms. The molecule has 3 fully saturated rings. The lowest BCUT2D eigenvalue weighted by Gasteiger charge is -2.59. The second kappa shape index (κ2) is 7.97. The van der Waals surface area contributed by atoms with Gasteiger partial charge < -0.3 is 10.2 Å². The number of rotatable bonds is 6. The van der Waals surface area contributed by atoms with Gasteiger partial charge >= 0.3 is 0 Å². The van der Waals surface area contributed by atoms with Crippen molar-refractivity contribution in [1.82, 2.24) is 0 Å². The molecule has 0 unspecified atom stereocenters. The van der Waals surface area contributed by atoms with E-state index in [9.17, 15) is 10.2 Å². The summed E-state index contributed by atoms with van der Waals surface area (Å²) in [6.45, 7) is 9.47. The Hall–Kier alpha value is -0.340. The first-order chi connectivity index (χ1) is 13.7. The Morgan fingerprint density at radius 1 is 1.03 bits per heavy atom. The average Bonchev–Trinajstić information content (AvgIpc) is 3.04. The zero-order valence-electron chi connectivity index (χ0n) is 19.6. The second-order valence-electron chi connectivity index (χ2n) is 12.0. The van der Waals surface area contributed by atoms with E-state index < -0.39 is 5.60 Å². The third-order valence-electron chi connectivity index (χ3n) is 10.4. The number of aliphatic hydroxyl groups is 2. The molecule has 0 aliphatic heterocycles. The van der Waals surface area contributed by atoms with E-state index in [-0.39, 0.29) is 6.10 Å². The van der Waals surface area contributed by atoms with Crippen molar-refractivity contribution in [3.8, 4) is 0 Å². The maximum atomic E-state index is 11.5. The standard InChI is InChI=1S/C27H46O2/c1-5-6-7-8-15-27(4,29)24-12-11-22-21-10-9-19-18-20(28)13-16-25(19,2)23(21)14-17-26(22,24)3/h9,20-24,28-29H,5-8,10-18H2,1-4H3/t20-,21-,22-,23-,24+,25-,26+,27-/m0/s1. The highest BCUT2D eigenvalue weighted by atomic mass is 16.3. The van der Waals surface area contributed by atoms with E-state index in [1.165, 1.54) is 64.2 Å². The molecule has 0 heterocycles. The molecule has 3 saturated carbocycles. The molecule has 0 amide bonds. The minimum Gasteiger partial charge on any atom is -0.393 e. The molecule has 2 N–H and O–H groups in total. The Morgan fingerprint density at radius 2 is 1.83 bits per heavy atom. The lowest BCUT2D eigenvalue weighted by Crippen LogP contribution is -2.53. The molecule has 4 aliphatic carbocycles. The van der Waals surface area contributed by atoms with Crippen molar-refractivity contribution < 1.29 is 10.2 Å². The summed E-state index contributed by atoms with van der Waals surface area (Å²) in [6.07, 6.45) is 17.8. The number of aliphatic hydroxyl groups excluding tert-OH is 1. The van der Waals surface area contributed by atoms with Gasteiger partial charge in [-0.1, -0.05) is 58.1 Å². The highest BCUT2D eigenvalue weighted by molar-refractivity contribution is 5.25. The first kappa shape index (κ1) is 21.9. The first-order valence-corrected chi connectivity index (χ1v) is 12.8. The number of fused-ring (bicyclic) bond motifs is 5. The fourth-order valence-corrected chi connectivity index (χ4v) is 8.75. The predicted molar refractivity (Wildman–Crippen MR) is 121 cm³/mol. The monoisotopic (exact) mass is 402 g/mol. The van der Waals surface area contributed by atoms with Gasteiger partial charge in [-0.15, -0.1) is 0 Å². The van der Waals surface area contributed by atoms with E-state index in [4.69, 9.17) is 0 Å². The highest BCUT2D eigenvalue weighted by Gasteiger charge is 2.61. The normalized spacial score (nSPS) is 46.3. The molecule has 166 valence electrons. The molecular weight excluding hydrogens is 356 g/mol. The summed E-state index contributed by atoms with van der Waals surface area (Å²) in [5, 5.41) is 21.8. The number of hydrogen-bond acceptors (Lipinski definition) is 2. The van der Waals surface area contributed by atoms with E-state index in [2.05, 4.69) is 33.8 Å². The summed E-state index contributed by atoms with van der Waals surface area (Å²) in [4.78, 5) is 0. The molecular formula is C27H46O2. The molecule has 0 radical (unpaired) electrons. The van der Waals surface area contributed by atoms with Crippen molar-refractivity contribution in [2.24, 2.45) is 34.5 Å². The Kier molecular flexibility index (Phi) is 6.01. The van der Waals surface area contributed by atoms with Gasteiger partial charge in [-0.25, -0.2) is 0 Å². The zero-order valence-corrected chi connectivity index (χ0v) is 19.6. The van der Waals surface area contributed by atoms with Gasteiger partial charge in [0, 0.05) is 0 Å². The van der Waals surface area contributed by atoms with Crippen LogP contribution in [0.1, 0.15) is 111 Å². The zero-order chi connectivity index (χ0) is 20.9. The van der Waals surface area contributed by atoms with Gasteiger partial charge in [-0.3, -0.25) is 0 Å². The summed E-state index contributed by atoms with van der Waals surface area (Å²) >= 11 is 0. The largest absolute Gasteiger partial charge is 0.393 e. The SMILES string of the molecule is CCCCCC[C@](C)(O)[C@@H]1CC[C@H]2[C@@H]3CC=C4C[C@@H](O)CC[C@]4(C)[C@H]3CC[C@@]12C. The van der Waals surface area contributed by atoms with Crippen LogP contribution in [0.5, 0.6) is 0 Å². The summed E-state index contributed by atoms with van der Waals surface area (Å²) in [5.74, 6) is 2.82. The van der Waals surface area contributed by atoms with Crippen LogP contribution in [0.4, 0.5) is 0 Å². The number of hydrogen-bond donors (Lipinski definition) is 2. The Labute approximate surface area is 179 Å². The van der Waals surface area contributed by atoms with Crippen LogP contribution < -0.4 is 0 Å². The van der Waals surface area contributed by atoms with Crippen molar-refractivity contribution in [2.75, 3.05) is 0 Å². The van der Waals surface area contributed by atoms with Crippen LogP contribution in [-0.4, -0.2) is 21.9 Å². The van der Waals surface area contributed by atoms with Crippen molar-refractivity contribution in [2.45, 2.75) is 123 Å². The summed E-state index contributed by atoms with van der Waals surface area (Å²) in [6, 6.07) is 0. The van der Waals surface area contributed by atoms with Crippen molar-refractivity contribution in [1.29, 1.82) is 0 Å². The predicted octanol–water partition coefficient (Wildman–Crippen LogP) is 6.65. The molecule has 4 rings (SSSR count). The minimum atomic E-state index is -0.501. The summed E-state index contributed by atoms with van der Waals surface area (Å²) < 4.78 is 0. The van der Waals surface area contributed by atoms with Crippen LogP contribution in [0.2, 0.25) is 0 Å². The van der Waals surface area contributed by atoms with Gasteiger partial charge in [0.2, 0.25) is 0 Å². The fraction of sp³-hybridized carbons (Fsp3) is 0.926. The molecule has 0 aromatic rings. The van der Waals surface area contributed by atoms with Crippen LogP contribution in [0.3, 0.4) is 0 Å². The molecule has 29 heavy (non-hydrogen) atoms. The molecule has 8 atom stereocenters. The third kappa shape index (κ3) is 3.65. The summed E-state index contributed by atoms with van der Waals surface area (Å²) in [7, 11) is 0. The third-order valence-corrected chi connectivity index (χ3v) is 10.4. The minimum absolute atomic E-state index is 0.113. The number of unbranched alkanes of at least 4 members (excludes halogenated alkanes) is 3. The maximum Gasteiger partial charge on any atom is 0.0653 e. The molecule has 0 spiro atoms. The van der Waals surface area contributed by atoms with Crippen LogP contribution in [0, 0.1) is 34.5 Å². The van der Waals surface area contributed by atoms with Gasteiger partial charge in [0.05, 0.1) is 11.7 Å². The van der Waals surface area contributed by atoms with Crippen molar-refractivity contribution in [3.63, 3.8) is 0 Å². The first-order valence-electron chi connectivity index (χ1n) is 12.8. The summed E-state index contributed by atoms with van der Waals surface area (Å²) in [5.41, 5.74) is 1.70. The lowest BCUT2D eigenvalue weighted by atomic mass is 9.46. The molecule has 2 nitrogen and oxygen atoms in total. The van der Waals surface area contributed by atoms with Crippen molar-refractivity contribution >= 4 is 0 Å². The van der Waals surface area contributed by atoms with Gasteiger partial charge in [-0.05, 0) is 99.2 Å². The van der Waals surface area contributed by atoms with Crippen molar-refractivity contribution in [3.05, 3.63) is 11.6 Å². The van der Waals surface area contributed by atoms with E-state index in [0.717, 1.165) is 37.0 Å². The van der Waals surface area contributed by atoms with E-state index in [1.807, 2.05) is 0 Å². The topological polar surface area (TPSA) is 40.5 Å². The van der Waals surface area contributed by atoms with Gasteiger partial charge in [0.25, 0.3) is 0 Å². The fourth-order valence-electron chi connectivity index (χ4n) is 8.75. The van der Waals surface area contributed by atoms with Crippen LogP contribution >= 0.6 is 0 Å². The Balaban J connectivity index is 1.51. The highest BCUT2D eigenvalue weighted by Crippen LogP contribution is 2.67. The van der Waals surface area contributed by atoms with Gasteiger partial charge in [0.15, 0.2) is 0 Å². The van der Waals surface area contributed by atoms with Gasteiger partial charge in [0.1, 0.15) is 0 Å². The average molecular weight is 403 g/mol. The Bertz CT molecular complexity index is 622. The molecule has 0 aromatic carbocycles. The van der Waals surface area contributed by atoms with Gasteiger partial charge in [-0.2, -0.15) is 0 Å². The quantitative estimate of drug-likeness (QED) is 0.386. The van der Waals surface area contributed by atoms with E-state index >= 15 is 0 Å². The van der Waals surface area contributed by atoms with Crippen LogP contribution in [0.25, 0.3) is 0 Å². The molecule has 0 bridgehead atoms. The maximum absolute atomic E-state index is 11.5. The smallest absolute Gasteiger partial charge is 0.0653 e. The Morgan fingerprint density at radius 3 is 2.59 bits per heavy atom. The molecule has 0 saturated heterocycles. The van der Waals surface area contributed by atoms with E-state index in [1.54, 1.807) is 5.57 Å². The molecule has 4 aliphatic rings. The number of allylic oxidation sites excluding steroid dienone is 1. The van der Waals surface area contributed by atoms with Crippen LogP contribution in [-0.2, 0) is 0 Å². The van der Waals surface area contributed by atoms with E-state index in [0.29, 0.717) is 16.7 Å². The lowest BCUT2D eigenvalue weighted by molar-refractivity contribution is -0.105. The van der Waals surface area contributed by atoms with Crippen LogP contribution in [0.15, 0.2) is 11.6 Å². The molecule has 0 aromatic heterocycles. The second-order valence-corrected chi connectivity index (χ2v) is 12.0.